The molecule has 0 saturated carbocycles. The average Bonchev–Trinajstić information content (AvgIpc) is 2.83. The minimum Gasteiger partial charge on any atom is -0.439 e. The predicted octanol–water partition coefficient (Wildman–Crippen LogP) is 4.20. The third-order valence-electron chi connectivity index (χ3n) is 4.73. The van der Waals surface area contributed by atoms with Crippen molar-refractivity contribution in [1.29, 1.82) is 0 Å². The molecular weight excluding hydrogens is 442 g/mol. The molecule has 0 radical (unpaired) electrons. The Bertz CT molecular complexity index is 1250. The highest BCUT2D eigenvalue weighted by molar-refractivity contribution is 6.30. The Kier molecular flexibility index (Phi) is 7.29. The molecule has 0 atom stereocenters. The van der Waals surface area contributed by atoms with Gasteiger partial charge in [0.15, 0.2) is 0 Å². The Hall–Kier alpha value is -3.75. The first-order chi connectivity index (χ1) is 16.1. The number of anilines is 2. The van der Waals surface area contributed by atoms with Crippen LogP contribution in [0.3, 0.4) is 0 Å². The van der Waals surface area contributed by atoms with Gasteiger partial charge in [-0.3, -0.25) is 4.79 Å². The molecule has 0 fully saturated rings. The fourth-order valence-electron chi connectivity index (χ4n) is 3.09. The van der Waals surface area contributed by atoms with Gasteiger partial charge in [0.2, 0.25) is 11.8 Å². The molecule has 0 unspecified atom stereocenters. The van der Waals surface area contributed by atoms with Crippen molar-refractivity contribution < 1.29 is 9.84 Å². The molecule has 0 amide bonds. The Morgan fingerprint density at radius 3 is 2.52 bits per heavy atom. The van der Waals surface area contributed by atoms with E-state index in [0.29, 0.717) is 53.4 Å². The van der Waals surface area contributed by atoms with Gasteiger partial charge in [0.25, 0.3) is 5.56 Å². The molecular formula is C24H22ClN5O3. The summed E-state index contributed by atoms with van der Waals surface area (Å²) in [5, 5.41) is 17.4. The summed E-state index contributed by atoms with van der Waals surface area (Å²) in [4.78, 5) is 20.8. The first-order valence-electron chi connectivity index (χ1n) is 10.4. The van der Waals surface area contributed by atoms with Crippen molar-refractivity contribution in [2.45, 2.75) is 19.4 Å². The maximum Gasteiger partial charge on any atom is 0.296 e. The summed E-state index contributed by atoms with van der Waals surface area (Å²) in [7, 11) is 0. The summed E-state index contributed by atoms with van der Waals surface area (Å²) in [5.41, 5.74) is 1.55. The van der Waals surface area contributed by atoms with Crippen LogP contribution in [-0.2, 0) is 13.0 Å². The maximum absolute atomic E-state index is 12.5. The lowest BCUT2D eigenvalue weighted by molar-refractivity contribution is 0.287. The van der Waals surface area contributed by atoms with Crippen molar-refractivity contribution >= 4 is 23.2 Å². The quantitative estimate of drug-likeness (QED) is 0.383. The molecule has 0 spiro atoms. The van der Waals surface area contributed by atoms with E-state index in [0.717, 1.165) is 5.56 Å². The van der Waals surface area contributed by atoms with E-state index in [1.54, 1.807) is 41.2 Å². The van der Waals surface area contributed by atoms with Crippen LogP contribution in [0.2, 0.25) is 5.02 Å². The Labute approximate surface area is 195 Å². The molecule has 9 heteroatoms. The largest absolute Gasteiger partial charge is 0.439 e. The zero-order chi connectivity index (χ0) is 23.0. The Balaban J connectivity index is 1.58. The fourth-order valence-corrected chi connectivity index (χ4v) is 3.21. The van der Waals surface area contributed by atoms with E-state index in [4.69, 9.17) is 21.4 Å². The SMILES string of the molecule is O=c1nc(Nc2ccc(Oc3ccccn3)cc2)n(Cc2ccc(Cl)cc2)nc1CCCO. The van der Waals surface area contributed by atoms with Crippen LogP contribution in [0.25, 0.3) is 0 Å². The molecule has 0 aliphatic rings. The van der Waals surface area contributed by atoms with E-state index < -0.39 is 5.56 Å². The third kappa shape index (κ3) is 6.15. The van der Waals surface area contributed by atoms with Gasteiger partial charge >= 0.3 is 0 Å². The monoisotopic (exact) mass is 463 g/mol. The highest BCUT2D eigenvalue weighted by Crippen LogP contribution is 2.23. The van der Waals surface area contributed by atoms with Gasteiger partial charge in [-0.25, -0.2) is 9.67 Å². The Morgan fingerprint density at radius 2 is 1.82 bits per heavy atom. The zero-order valence-electron chi connectivity index (χ0n) is 17.7. The zero-order valence-corrected chi connectivity index (χ0v) is 18.4. The molecule has 168 valence electrons. The summed E-state index contributed by atoms with van der Waals surface area (Å²) in [6.07, 6.45) is 2.45. The molecule has 0 saturated heterocycles. The topological polar surface area (TPSA) is 102 Å². The van der Waals surface area contributed by atoms with Gasteiger partial charge < -0.3 is 15.2 Å². The van der Waals surface area contributed by atoms with Gasteiger partial charge in [-0.05, 0) is 60.9 Å². The van der Waals surface area contributed by atoms with Crippen LogP contribution in [0.1, 0.15) is 17.7 Å². The summed E-state index contributed by atoms with van der Waals surface area (Å²) >= 11 is 5.99. The first-order valence-corrected chi connectivity index (χ1v) is 10.8. The van der Waals surface area contributed by atoms with E-state index in [2.05, 4.69) is 20.4 Å². The lowest BCUT2D eigenvalue weighted by atomic mass is 10.2. The molecule has 0 bridgehead atoms. The smallest absolute Gasteiger partial charge is 0.296 e. The van der Waals surface area contributed by atoms with Crippen molar-refractivity contribution in [1.82, 2.24) is 19.7 Å². The number of ether oxygens (including phenoxy) is 1. The summed E-state index contributed by atoms with van der Waals surface area (Å²) in [6, 6.07) is 20.0. The van der Waals surface area contributed by atoms with Crippen LogP contribution in [-0.4, -0.2) is 31.5 Å². The summed E-state index contributed by atoms with van der Waals surface area (Å²) < 4.78 is 7.35. The van der Waals surface area contributed by atoms with Crippen molar-refractivity contribution in [2.75, 3.05) is 11.9 Å². The fraction of sp³-hybridized carbons (Fsp3) is 0.167. The number of hydrogen-bond donors (Lipinski definition) is 2. The molecule has 2 N–H and O–H groups in total. The lowest BCUT2D eigenvalue weighted by Crippen LogP contribution is -2.25. The number of aryl methyl sites for hydroxylation is 1. The second kappa shape index (κ2) is 10.7. The standard InChI is InChI=1S/C24H22ClN5O3/c25-18-8-6-17(7-9-18)16-30-24(28-23(32)21(29-30)4-3-15-31)27-19-10-12-20(13-11-19)33-22-5-1-2-14-26-22/h1-2,5-14,31H,3-4,15-16H2,(H,27,28,32). The third-order valence-corrected chi connectivity index (χ3v) is 4.98. The molecule has 2 heterocycles. The van der Waals surface area contributed by atoms with Crippen LogP contribution in [0.5, 0.6) is 11.6 Å². The van der Waals surface area contributed by atoms with Crippen molar-refractivity contribution in [3.63, 3.8) is 0 Å². The van der Waals surface area contributed by atoms with Crippen molar-refractivity contribution in [3.8, 4) is 11.6 Å². The summed E-state index contributed by atoms with van der Waals surface area (Å²) in [5.74, 6) is 1.43. The van der Waals surface area contributed by atoms with Crippen LogP contribution in [0, 0.1) is 0 Å². The van der Waals surface area contributed by atoms with Gasteiger partial charge in [-0.1, -0.05) is 29.8 Å². The number of rotatable bonds is 9. The number of nitrogens with one attached hydrogen (secondary N) is 1. The second-order valence-electron chi connectivity index (χ2n) is 7.22. The van der Waals surface area contributed by atoms with Gasteiger partial charge in [0, 0.05) is 29.6 Å². The van der Waals surface area contributed by atoms with E-state index in [1.165, 1.54) is 0 Å². The van der Waals surface area contributed by atoms with Crippen molar-refractivity contribution in [2.24, 2.45) is 0 Å². The van der Waals surface area contributed by atoms with Crippen LogP contribution in [0.15, 0.2) is 77.7 Å². The minimum atomic E-state index is -0.423. The second-order valence-corrected chi connectivity index (χ2v) is 7.65. The number of hydrogen-bond acceptors (Lipinski definition) is 7. The molecule has 2 aromatic heterocycles. The van der Waals surface area contributed by atoms with Gasteiger partial charge in [0.05, 0.1) is 6.54 Å². The van der Waals surface area contributed by atoms with Crippen LogP contribution >= 0.6 is 11.6 Å². The van der Waals surface area contributed by atoms with E-state index in [9.17, 15) is 4.79 Å². The highest BCUT2D eigenvalue weighted by Gasteiger charge is 2.12. The number of halogens is 1. The van der Waals surface area contributed by atoms with E-state index in [1.807, 2.05) is 36.4 Å². The van der Waals surface area contributed by atoms with Gasteiger partial charge in [0.1, 0.15) is 11.4 Å². The highest BCUT2D eigenvalue weighted by atomic mass is 35.5. The number of nitrogens with zero attached hydrogens (tertiary/aromatic N) is 4. The molecule has 8 nitrogen and oxygen atoms in total. The Morgan fingerprint density at radius 1 is 1.03 bits per heavy atom. The molecule has 4 aromatic rings. The minimum absolute atomic E-state index is 0.0226. The molecule has 4 rings (SSSR count). The number of pyridine rings is 1. The number of aromatic nitrogens is 4. The van der Waals surface area contributed by atoms with E-state index in [-0.39, 0.29) is 6.61 Å². The molecule has 33 heavy (non-hydrogen) atoms. The molecule has 0 aliphatic carbocycles. The first kappa shape index (κ1) is 22.4. The number of benzene rings is 2. The summed E-state index contributed by atoms with van der Waals surface area (Å²) in [6.45, 7) is 0.366. The number of aliphatic hydroxyl groups excluding tert-OH is 1. The van der Waals surface area contributed by atoms with Crippen LogP contribution in [0.4, 0.5) is 11.6 Å². The van der Waals surface area contributed by atoms with E-state index >= 15 is 0 Å². The van der Waals surface area contributed by atoms with Crippen molar-refractivity contribution in [3.05, 3.63) is 99.6 Å². The maximum atomic E-state index is 12.5. The predicted molar refractivity (Wildman–Crippen MR) is 126 cm³/mol. The molecule has 0 aliphatic heterocycles. The normalized spacial score (nSPS) is 10.7. The van der Waals surface area contributed by atoms with Gasteiger partial charge in [-0.15, -0.1) is 0 Å². The number of aliphatic hydroxyl groups is 1. The molecule has 2 aromatic carbocycles. The van der Waals surface area contributed by atoms with Crippen LogP contribution < -0.4 is 15.6 Å². The lowest BCUT2D eigenvalue weighted by Gasteiger charge is -2.15. The average molecular weight is 464 g/mol. The van der Waals surface area contributed by atoms with Gasteiger partial charge in [-0.2, -0.15) is 10.1 Å².